The van der Waals surface area contributed by atoms with E-state index in [9.17, 15) is 9.59 Å². The summed E-state index contributed by atoms with van der Waals surface area (Å²) in [4.78, 5) is 21.3. The first-order chi connectivity index (χ1) is 6.27. The van der Waals surface area contributed by atoms with Crippen LogP contribution >= 0.6 is 46.4 Å². The zero-order valence-electron chi connectivity index (χ0n) is 6.93. The Kier molecular flexibility index (Phi) is 5.90. The molecule has 0 fully saturated rings. The third-order valence-corrected chi connectivity index (χ3v) is 1.64. The van der Waals surface area contributed by atoms with Crippen molar-refractivity contribution in [1.82, 2.24) is 0 Å². The predicted molar refractivity (Wildman–Crippen MR) is 52.7 cm³/mol. The fourth-order valence-corrected chi connectivity index (χ4v) is 0.790. The predicted octanol–water partition coefficient (Wildman–Crippen LogP) is 2.03. The van der Waals surface area contributed by atoms with Crippen LogP contribution in [0.1, 0.15) is 6.92 Å². The van der Waals surface area contributed by atoms with Crippen LogP contribution in [0, 0.1) is 0 Å². The van der Waals surface area contributed by atoms with Gasteiger partial charge in [-0.05, 0) is 0 Å². The zero-order valence-corrected chi connectivity index (χ0v) is 9.95. The molecule has 0 aliphatic rings. The van der Waals surface area contributed by atoms with Gasteiger partial charge in [0.15, 0.2) is 0 Å². The fraction of sp³-hybridized carbons (Fsp3) is 0.667. The SMILES string of the molecule is CC(=O)OC(OC(=O)CCl)C(Cl)(Cl)Cl. The van der Waals surface area contributed by atoms with Gasteiger partial charge >= 0.3 is 11.9 Å². The van der Waals surface area contributed by atoms with E-state index in [1.54, 1.807) is 0 Å². The van der Waals surface area contributed by atoms with Gasteiger partial charge in [0.2, 0.25) is 0 Å². The highest BCUT2D eigenvalue weighted by Crippen LogP contribution is 2.33. The lowest BCUT2D eigenvalue weighted by molar-refractivity contribution is -0.183. The van der Waals surface area contributed by atoms with Gasteiger partial charge in [-0.15, -0.1) is 11.6 Å². The van der Waals surface area contributed by atoms with E-state index in [0.717, 1.165) is 6.92 Å². The molecule has 0 aromatic rings. The van der Waals surface area contributed by atoms with Gasteiger partial charge in [-0.25, -0.2) is 0 Å². The Morgan fingerprint density at radius 1 is 1.29 bits per heavy atom. The summed E-state index contributed by atoms with van der Waals surface area (Å²) in [7, 11) is 0. The van der Waals surface area contributed by atoms with E-state index in [2.05, 4.69) is 9.47 Å². The van der Waals surface area contributed by atoms with Crippen molar-refractivity contribution in [3.8, 4) is 0 Å². The molecule has 4 nitrogen and oxygen atoms in total. The average Bonchev–Trinajstić information content (AvgIpc) is 2.00. The molecular formula is C6H6Cl4O4. The molecule has 0 spiro atoms. The first-order valence-corrected chi connectivity index (χ1v) is 4.93. The van der Waals surface area contributed by atoms with Gasteiger partial charge in [-0.3, -0.25) is 9.59 Å². The molecular weight excluding hydrogens is 278 g/mol. The molecule has 0 radical (unpaired) electrons. The second kappa shape index (κ2) is 5.85. The third-order valence-electron chi connectivity index (χ3n) is 0.888. The summed E-state index contributed by atoms with van der Waals surface area (Å²) in [6.45, 7) is 1.08. The van der Waals surface area contributed by atoms with E-state index in [-0.39, 0.29) is 0 Å². The van der Waals surface area contributed by atoms with Crippen LogP contribution in [0.3, 0.4) is 0 Å². The van der Waals surface area contributed by atoms with Crippen LogP contribution in [0.4, 0.5) is 0 Å². The molecule has 0 aromatic carbocycles. The molecule has 0 bridgehead atoms. The van der Waals surface area contributed by atoms with Crippen molar-refractivity contribution in [3.05, 3.63) is 0 Å². The summed E-state index contributed by atoms with van der Waals surface area (Å²) in [5, 5.41) is 0. The number of rotatable bonds is 3. The van der Waals surface area contributed by atoms with Gasteiger partial charge in [0, 0.05) is 6.92 Å². The number of esters is 2. The first-order valence-electron chi connectivity index (χ1n) is 3.26. The standard InChI is InChI=1S/C6H6Cl4O4/c1-3(11)13-5(6(8,9)10)14-4(12)2-7/h5H,2H2,1H3. The van der Waals surface area contributed by atoms with Crippen LogP contribution in [-0.4, -0.2) is 27.9 Å². The van der Waals surface area contributed by atoms with Crippen LogP contribution in [-0.2, 0) is 19.1 Å². The fourth-order valence-electron chi connectivity index (χ4n) is 0.459. The summed E-state index contributed by atoms with van der Waals surface area (Å²) in [6, 6.07) is 0. The molecule has 0 aliphatic heterocycles. The summed E-state index contributed by atoms with van der Waals surface area (Å²) in [6.07, 6.45) is -1.60. The zero-order chi connectivity index (χ0) is 11.4. The van der Waals surface area contributed by atoms with Crippen molar-refractivity contribution in [2.24, 2.45) is 0 Å². The van der Waals surface area contributed by atoms with Gasteiger partial charge in [-0.1, -0.05) is 34.8 Å². The van der Waals surface area contributed by atoms with Crippen molar-refractivity contribution in [3.63, 3.8) is 0 Å². The molecule has 1 unspecified atom stereocenters. The minimum absolute atomic E-state index is 0.432. The quantitative estimate of drug-likeness (QED) is 0.452. The number of alkyl halides is 4. The molecule has 82 valence electrons. The second-order valence-electron chi connectivity index (χ2n) is 2.11. The minimum atomic E-state index is -2.05. The van der Waals surface area contributed by atoms with Gasteiger partial charge in [0.05, 0.1) is 0 Å². The molecule has 1 atom stereocenters. The second-order valence-corrected chi connectivity index (χ2v) is 4.74. The number of hydrogen-bond acceptors (Lipinski definition) is 4. The molecule has 0 saturated heterocycles. The van der Waals surface area contributed by atoms with Crippen molar-refractivity contribution in [1.29, 1.82) is 0 Å². The van der Waals surface area contributed by atoms with E-state index < -0.39 is 27.9 Å². The molecule has 0 saturated carbocycles. The summed E-state index contributed by atoms with van der Waals surface area (Å²) in [5.74, 6) is -2.04. The van der Waals surface area contributed by atoms with Gasteiger partial charge in [0.1, 0.15) is 5.88 Å². The van der Waals surface area contributed by atoms with Crippen LogP contribution in [0.5, 0.6) is 0 Å². The molecule has 0 N–H and O–H groups in total. The Morgan fingerprint density at radius 2 is 1.79 bits per heavy atom. The maximum atomic E-state index is 10.7. The number of hydrogen-bond donors (Lipinski definition) is 0. The highest BCUT2D eigenvalue weighted by molar-refractivity contribution is 6.68. The molecule has 8 heteroatoms. The maximum Gasteiger partial charge on any atom is 0.324 e. The number of halogens is 4. The highest BCUT2D eigenvalue weighted by atomic mass is 35.6. The van der Waals surface area contributed by atoms with E-state index in [1.807, 2.05) is 0 Å². The van der Waals surface area contributed by atoms with Gasteiger partial charge in [-0.2, -0.15) is 0 Å². The summed E-state index contributed by atoms with van der Waals surface area (Å²) < 4.78 is 6.87. The van der Waals surface area contributed by atoms with Crippen molar-refractivity contribution >= 4 is 58.3 Å². The lowest BCUT2D eigenvalue weighted by Gasteiger charge is -2.22. The molecule has 0 aliphatic carbocycles. The van der Waals surface area contributed by atoms with Gasteiger partial charge < -0.3 is 9.47 Å². The largest absolute Gasteiger partial charge is 0.421 e. The minimum Gasteiger partial charge on any atom is -0.421 e. The Hall–Kier alpha value is 0.1000. The smallest absolute Gasteiger partial charge is 0.324 e. The van der Waals surface area contributed by atoms with E-state index in [1.165, 1.54) is 0 Å². The van der Waals surface area contributed by atoms with Crippen molar-refractivity contribution < 1.29 is 19.1 Å². The normalized spacial score (nSPS) is 13.2. The first kappa shape index (κ1) is 14.1. The highest BCUT2D eigenvalue weighted by Gasteiger charge is 2.38. The van der Waals surface area contributed by atoms with E-state index >= 15 is 0 Å². The Balaban J connectivity index is 4.41. The van der Waals surface area contributed by atoms with Gasteiger partial charge in [0.25, 0.3) is 10.1 Å². The Labute approximate surface area is 100 Å². The number of carbonyl (C=O) groups is 2. The molecule has 14 heavy (non-hydrogen) atoms. The molecule has 0 aromatic heterocycles. The lowest BCUT2D eigenvalue weighted by atomic mass is 10.6. The van der Waals surface area contributed by atoms with Crippen LogP contribution in [0.25, 0.3) is 0 Å². The van der Waals surface area contributed by atoms with Crippen LogP contribution in [0.15, 0.2) is 0 Å². The molecule has 0 rings (SSSR count). The summed E-state index contributed by atoms with van der Waals surface area (Å²) >= 11 is 21.3. The van der Waals surface area contributed by atoms with Crippen LogP contribution < -0.4 is 0 Å². The lowest BCUT2D eigenvalue weighted by Crippen LogP contribution is -2.35. The van der Waals surface area contributed by atoms with E-state index in [0.29, 0.717) is 0 Å². The van der Waals surface area contributed by atoms with E-state index in [4.69, 9.17) is 46.4 Å². The Bertz CT molecular complexity index is 224. The number of carbonyl (C=O) groups excluding carboxylic acids is 2. The topological polar surface area (TPSA) is 52.6 Å². The molecule has 0 heterocycles. The number of ether oxygens (including phenoxy) is 2. The summed E-state index contributed by atoms with van der Waals surface area (Å²) in [5.41, 5.74) is 0. The van der Waals surface area contributed by atoms with Crippen LogP contribution in [0.2, 0.25) is 0 Å². The molecule has 0 amide bonds. The monoisotopic (exact) mass is 282 g/mol. The Morgan fingerprint density at radius 3 is 2.07 bits per heavy atom. The average molecular weight is 284 g/mol. The van der Waals surface area contributed by atoms with Crippen molar-refractivity contribution in [2.75, 3.05) is 5.88 Å². The van der Waals surface area contributed by atoms with Crippen molar-refractivity contribution in [2.45, 2.75) is 17.0 Å². The third kappa shape index (κ3) is 5.75. The maximum absolute atomic E-state index is 10.7.